The summed E-state index contributed by atoms with van der Waals surface area (Å²) in [5.74, 6) is 0.664. The van der Waals surface area contributed by atoms with Gasteiger partial charge in [0.2, 0.25) is 10.0 Å². The van der Waals surface area contributed by atoms with E-state index in [9.17, 15) is 8.42 Å². The van der Waals surface area contributed by atoms with Gasteiger partial charge in [-0.05, 0) is 43.4 Å². The monoisotopic (exact) mass is 310 g/mol. The number of nitrogens with two attached hydrogens (primary N) is 1. The van der Waals surface area contributed by atoms with Gasteiger partial charge in [0.1, 0.15) is 4.90 Å². The fourth-order valence-corrected chi connectivity index (χ4v) is 4.59. The van der Waals surface area contributed by atoms with E-state index < -0.39 is 10.0 Å². The van der Waals surface area contributed by atoms with Crippen molar-refractivity contribution < 1.29 is 8.42 Å². The van der Waals surface area contributed by atoms with Crippen LogP contribution in [0.4, 0.5) is 5.69 Å². The van der Waals surface area contributed by atoms with Gasteiger partial charge in [0, 0.05) is 6.54 Å². The summed E-state index contributed by atoms with van der Waals surface area (Å²) >= 11 is 0. The lowest BCUT2D eigenvalue weighted by Gasteiger charge is -2.21. The van der Waals surface area contributed by atoms with Crippen molar-refractivity contribution in [2.24, 2.45) is 5.92 Å². The number of sulfonamides is 1. The van der Waals surface area contributed by atoms with E-state index in [1.807, 2.05) is 13.0 Å². The number of benzene rings is 1. The smallest absolute Gasteiger partial charge is 0.242 e. The third-order valence-corrected chi connectivity index (χ3v) is 6.21. The molecule has 2 rings (SSSR count). The molecular weight excluding hydrogens is 284 g/mol. The van der Waals surface area contributed by atoms with E-state index in [0.29, 0.717) is 18.2 Å². The predicted octanol–water partition coefficient (Wildman–Crippen LogP) is 3.13. The van der Waals surface area contributed by atoms with Gasteiger partial charge in [0.15, 0.2) is 0 Å². The van der Waals surface area contributed by atoms with Crippen molar-refractivity contribution in [2.45, 2.75) is 57.3 Å². The van der Waals surface area contributed by atoms with Crippen LogP contribution in [0.5, 0.6) is 0 Å². The first-order valence-corrected chi connectivity index (χ1v) is 9.25. The molecule has 1 aliphatic rings. The van der Waals surface area contributed by atoms with Crippen LogP contribution >= 0.6 is 0 Å². The fourth-order valence-electron chi connectivity index (χ4n) is 3.11. The minimum Gasteiger partial charge on any atom is -0.398 e. The maximum absolute atomic E-state index is 12.5. The molecule has 1 aromatic rings. The number of aryl methyl sites for hydroxylation is 1. The molecule has 0 aromatic heterocycles. The number of hydrogen-bond acceptors (Lipinski definition) is 3. The van der Waals surface area contributed by atoms with Crippen molar-refractivity contribution >= 4 is 15.7 Å². The van der Waals surface area contributed by atoms with Gasteiger partial charge < -0.3 is 5.73 Å². The molecule has 0 radical (unpaired) electrons. The molecule has 0 heterocycles. The SMILES string of the molecule is Cc1ccc(N)c(S(=O)(=O)NCCC2CCCCC2)c1C. The molecule has 1 aromatic carbocycles. The largest absolute Gasteiger partial charge is 0.398 e. The first kappa shape index (κ1) is 16.3. The van der Waals surface area contributed by atoms with Crippen LogP contribution in [0.1, 0.15) is 49.7 Å². The summed E-state index contributed by atoms with van der Waals surface area (Å²) in [5, 5.41) is 0. The lowest BCUT2D eigenvalue weighted by atomic mass is 9.87. The zero-order valence-electron chi connectivity index (χ0n) is 13.0. The molecule has 0 saturated heterocycles. The van der Waals surface area contributed by atoms with Crippen LogP contribution in [-0.2, 0) is 10.0 Å². The van der Waals surface area contributed by atoms with Crippen molar-refractivity contribution in [2.75, 3.05) is 12.3 Å². The second kappa shape index (κ2) is 6.79. The lowest BCUT2D eigenvalue weighted by molar-refractivity contribution is 0.339. The minimum atomic E-state index is -3.52. The highest BCUT2D eigenvalue weighted by atomic mass is 32.2. The maximum atomic E-state index is 12.5. The van der Waals surface area contributed by atoms with E-state index in [2.05, 4.69) is 4.72 Å². The molecule has 0 amide bonds. The average molecular weight is 310 g/mol. The van der Waals surface area contributed by atoms with E-state index in [-0.39, 0.29) is 4.90 Å². The topological polar surface area (TPSA) is 72.2 Å². The van der Waals surface area contributed by atoms with Crippen LogP contribution in [0.15, 0.2) is 17.0 Å². The van der Waals surface area contributed by atoms with Crippen LogP contribution in [0, 0.1) is 19.8 Å². The highest BCUT2D eigenvalue weighted by Crippen LogP contribution is 2.27. The molecule has 4 nitrogen and oxygen atoms in total. The molecule has 21 heavy (non-hydrogen) atoms. The minimum absolute atomic E-state index is 0.242. The van der Waals surface area contributed by atoms with Crippen molar-refractivity contribution in [3.63, 3.8) is 0 Å². The van der Waals surface area contributed by atoms with Crippen molar-refractivity contribution in [1.29, 1.82) is 0 Å². The van der Waals surface area contributed by atoms with Crippen LogP contribution in [-0.4, -0.2) is 15.0 Å². The number of nitrogens with one attached hydrogen (secondary N) is 1. The van der Waals surface area contributed by atoms with Crippen LogP contribution < -0.4 is 10.5 Å². The van der Waals surface area contributed by atoms with Crippen molar-refractivity contribution in [1.82, 2.24) is 4.72 Å². The van der Waals surface area contributed by atoms with Gasteiger partial charge >= 0.3 is 0 Å². The van der Waals surface area contributed by atoms with E-state index in [1.165, 1.54) is 32.1 Å². The van der Waals surface area contributed by atoms with Crippen LogP contribution in [0.25, 0.3) is 0 Å². The first-order valence-electron chi connectivity index (χ1n) is 7.77. The van der Waals surface area contributed by atoms with Gasteiger partial charge in [-0.1, -0.05) is 38.2 Å². The summed E-state index contributed by atoms with van der Waals surface area (Å²) in [5.41, 5.74) is 7.87. The summed E-state index contributed by atoms with van der Waals surface area (Å²) in [7, 11) is -3.52. The molecule has 5 heteroatoms. The van der Waals surface area contributed by atoms with E-state index in [1.54, 1.807) is 13.0 Å². The Balaban J connectivity index is 2.03. The Morgan fingerprint density at radius 2 is 1.86 bits per heavy atom. The van der Waals surface area contributed by atoms with Crippen molar-refractivity contribution in [3.8, 4) is 0 Å². The quantitative estimate of drug-likeness (QED) is 0.821. The van der Waals surface area contributed by atoms with Gasteiger partial charge in [-0.25, -0.2) is 13.1 Å². The molecule has 0 unspecified atom stereocenters. The predicted molar refractivity (Wildman–Crippen MR) is 86.7 cm³/mol. The molecule has 0 atom stereocenters. The lowest BCUT2D eigenvalue weighted by Crippen LogP contribution is -2.28. The Bertz CT molecular complexity index is 591. The van der Waals surface area contributed by atoms with E-state index in [4.69, 9.17) is 5.73 Å². The molecule has 118 valence electrons. The highest BCUT2D eigenvalue weighted by molar-refractivity contribution is 7.89. The van der Waals surface area contributed by atoms with Crippen LogP contribution in [0.2, 0.25) is 0 Å². The molecule has 0 spiro atoms. The summed E-state index contributed by atoms with van der Waals surface area (Å²) in [6.45, 7) is 4.21. The molecule has 1 aliphatic carbocycles. The zero-order valence-corrected chi connectivity index (χ0v) is 13.8. The average Bonchev–Trinajstić information content (AvgIpc) is 2.44. The zero-order chi connectivity index (χ0) is 15.5. The number of nitrogen functional groups attached to an aromatic ring is 1. The molecule has 0 aliphatic heterocycles. The van der Waals surface area contributed by atoms with Crippen LogP contribution in [0.3, 0.4) is 0 Å². The van der Waals surface area contributed by atoms with Gasteiger partial charge in [-0.3, -0.25) is 0 Å². The number of rotatable bonds is 5. The molecule has 1 saturated carbocycles. The normalized spacial score (nSPS) is 17.0. The Kier molecular flexibility index (Phi) is 5.27. The first-order chi connectivity index (χ1) is 9.92. The second-order valence-electron chi connectivity index (χ2n) is 6.12. The summed E-state index contributed by atoms with van der Waals surface area (Å²) in [6, 6.07) is 3.52. The number of anilines is 1. The maximum Gasteiger partial charge on any atom is 0.242 e. The third kappa shape index (κ3) is 3.98. The second-order valence-corrected chi connectivity index (χ2v) is 7.82. The Labute approximate surface area is 128 Å². The van der Waals surface area contributed by atoms with E-state index >= 15 is 0 Å². The molecule has 3 N–H and O–H groups in total. The fraction of sp³-hybridized carbons (Fsp3) is 0.625. The highest BCUT2D eigenvalue weighted by Gasteiger charge is 2.21. The molecular formula is C16H26N2O2S. The number of hydrogen-bond donors (Lipinski definition) is 2. The molecule has 0 bridgehead atoms. The Hall–Kier alpha value is -1.07. The summed E-state index contributed by atoms with van der Waals surface area (Å²) in [6.07, 6.45) is 7.26. The summed E-state index contributed by atoms with van der Waals surface area (Å²) < 4.78 is 27.7. The van der Waals surface area contributed by atoms with Gasteiger partial charge in [0.25, 0.3) is 0 Å². The Morgan fingerprint density at radius 1 is 1.19 bits per heavy atom. The van der Waals surface area contributed by atoms with Gasteiger partial charge in [-0.15, -0.1) is 0 Å². The Morgan fingerprint density at radius 3 is 2.52 bits per heavy atom. The van der Waals surface area contributed by atoms with E-state index in [0.717, 1.165) is 17.5 Å². The van der Waals surface area contributed by atoms with Gasteiger partial charge in [-0.2, -0.15) is 0 Å². The standard InChI is InChI=1S/C16H26N2O2S/c1-12-8-9-15(17)16(13(12)2)21(19,20)18-11-10-14-6-4-3-5-7-14/h8-9,14,18H,3-7,10-11,17H2,1-2H3. The third-order valence-electron chi connectivity index (χ3n) is 4.55. The summed E-state index contributed by atoms with van der Waals surface area (Å²) in [4.78, 5) is 0.242. The molecule has 1 fully saturated rings. The van der Waals surface area contributed by atoms with Crippen molar-refractivity contribution in [3.05, 3.63) is 23.3 Å². The van der Waals surface area contributed by atoms with Gasteiger partial charge in [0.05, 0.1) is 5.69 Å².